The molecule has 0 radical (unpaired) electrons. The van der Waals surface area contributed by atoms with E-state index in [-0.39, 0.29) is 0 Å². The molecule has 4 heteroatoms. The van der Waals surface area contributed by atoms with Crippen molar-refractivity contribution >= 4 is 45.2 Å². The minimum Gasteiger partial charge on any atom is -0.327 e. The zero-order valence-electron chi connectivity index (χ0n) is 12.0. The van der Waals surface area contributed by atoms with E-state index >= 15 is 0 Å². The Kier molecular flexibility index (Phi) is 4.01. The van der Waals surface area contributed by atoms with E-state index in [9.17, 15) is 0 Å². The monoisotopic (exact) mass is 402 g/mol. The third kappa shape index (κ3) is 2.59. The highest BCUT2D eigenvalue weighted by Crippen LogP contribution is 2.53. The van der Waals surface area contributed by atoms with E-state index in [0.717, 1.165) is 30.2 Å². The van der Waals surface area contributed by atoms with Gasteiger partial charge < -0.3 is 4.57 Å². The summed E-state index contributed by atoms with van der Waals surface area (Å²) in [6, 6.07) is 6.54. The molecule has 0 atom stereocenters. The van der Waals surface area contributed by atoms with Crippen LogP contribution in [0, 0.1) is 14.9 Å². The Morgan fingerprint density at radius 1 is 1.40 bits per heavy atom. The molecule has 3 rings (SSSR count). The van der Waals surface area contributed by atoms with Crippen LogP contribution in [0.2, 0.25) is 0 Å². The molecule has 1 aliphatic rings. The lowest BCUT2D eigenvalue weighted by atomic mass is 9.92. The van der Waals surface area contributed by atoms with E-state index in [1.165, 1.54) is 21.9 Å². The molecule has 108 valence electrons. The normalized spacial score (nSPS) is 17.1. The number of rotatable bonds is 5. The molecule has 1 aromatic heterocycles. The van der Waals surface area contributed by atoms with Crippen LogP contribution in [0.1, 0.15) is 32.5 Å². The summed E-state index contributed by atoms with van der Waals surface area (Å²) in [4.78, 5) is 4.81. The second-order valence-electron chi connectivity index (χ2n) is 6.20. The van der Waals surface area contributed by atoms with Crippen molar-refractivity contribution in [2.45, 2.75) is 39.7 Å². The summed E-state index contributed by atoms with van der Waals surface area (Å²) in [6.07, 6.45) is 3.53. The highest BCUT2D eigenvalue weighted by molar-refractivity contribution is 14.1. The lowest BCUT2D eigenvalue weighted by molar-refractivity contribution is 0.309. The fourth-order valence-electron chi connectivity index (χ4n) is 3.00. The molecule has 0 spiro atoms. The first-order valence-electron chi connectivity index (χ1n) is 7.26. The predicted octanol–water partition coefficient (Wildman–Crippen LogP) is 4.86. The smallest absolute Gasteiger partial charge is 0.111 e. The van der Waals surface area contributed by atoms with Gasteiger partial charge in [0.25, 0.3) is 0 Å². The van der Waals surface area contributed by atoms with Gasteiger partial charge in [-0.1, -0.05) is 13.8 Å². The van der Waals surface area contributed by atoms with Crippen molar-refractivity contribution in [1.82, 2.24) is 9.55 Å². The van der Waals surface area contributed by atoms with Crippen molar-refractivity contribution in [3.8, 4) is 0 Å². The minimum absolute atomic E-state index is 0.484. The number of hydrogen-bond donors (Lipinski definition) is 0. The van der Waals surface area contributed by atoms with Gasteiger partial charge in [0.1, 0.15) is 5.82 Å². The van der Waals surface area contributed by atoms with Gasteiger partial charge >= 0.3 is 0 Å². The van der Waals surface area contributed by atoms with Gasteiger partial charge in [-0.25, -0.2) is 4.98 Å². The first kappa shape index (κ1) is 14.6. The maximum Gasteiger partial charge on any atom is 0.111 e. The molecule has 1 heterocycles. The second-order valence-corrected chi connectivity index (χ2v) is 7.83. The van der Waals surface area contributed by atoms with Gasteiger partial charge in [0.05, 0.1) is 11.0 Å². The lowest BCUT2D eigenvalue weighted by Crippen LogP contribution is -2.19. The highest BCUT2D eigenvalue weighted by Gasteiger charge is 2.45. The zero-order valence-corrected chi connectivity index (χ0v) is 14.9. The van der Waals surface area contributed by atoms with Gasteiger partial charge in [-0.05, 0) is 65.0 Å². The largest absolute Gasteiger partial charge is 0.327 e. The van der Waals surface area contributed by atoms with E-state index in [2.05, 4.69) is 59.2 Å². The molecule has 0 bridgehead atoms. The summed E-state index contributed by atoms with van der Waals surface area (Å²) >= 11 is 8.31. The van der Waals surface area contributed by atoms with Gasteiger partial charge in [0, 0.05) is 22.4 Å². The van der Waals surface area contributed by atoms with Gasteiger partial charge in [-0.3, -0.25) is 0 Å². The summed E-state index contributed by atoms with van der Waals surface area (Å²) < 4.78 is 3.66. The fourth-order valence-corrected chi connectivity index (χ4v) is 3.64. The number of halogens is 2. The predicted molar refractivity (Wildman–Crippen MR) is 93.4 cm³/mol. The van der Waals surface area contributed by atoms with Crippen LogP contribution in [-0.4, -0.2) is 15.4 Å². The Hall–Kier alpha value is -0.290. The van der Waals surface area contributed by atoms with Crippen LogP contribution in [0.4, 0.5) is 0 Å². The van der Waals surface area contributed by atoms with Gasteiger partial charge in [0.15, 0.2) is 0 Å². The number of nitrogens with zero attached hydrogens (tertiary/aromatic N) is 2. The summed E-state index contributed by atoms with van der Waals surface area (Å²) in [5, 5.41) is 0. The zero-order chi connectivity index (χ0) is 14.3. The van der Waals surface area contributed by atoms with Gasteiger partial charge in [-0.15, -0.1) is 11.6 Å². The molecule has 0 aliphatic heterocycles. The summed E-state index contributed by atoms with van der Waals surface area (Å²) in [5.74, 6) is 2.51. The van der Waals surface area contributed by atoms with Crippen molar-refractivity contribution in [3.63, 3.8) is 0 Å². The van der Waals surface area contributed by atoms with E-state index in [1.54, 1.807) is 0 Å². The van der Waals surface area contributed by atoms with Crippen LogP contribution in [0.3, 0.4) is 0 Å². The molecular formula is C16H20ClIN2. The Labute approximate surface area is 139 Å². The summed E-state index contributed by atoms with van der Waals surface area (Å²) in [5.41, 5.74) is 2.85. The molecule has 0 unspecified atom stereocenters. The molecule has 2 nitrogen and oxygen atoms in total. The number of benzene rings is 1. The summed E-state index contributed by atoms with van der Waals surface area (Å²) in [6.45, 7) is 5.78. The number of alkyl halides is 1. The standard InChI is InChI=1S/C16H20ClIN2/c1-11(2)16(6-7-16)10-20-14-4-3-12(18)9-13(14)19-15(20)5-8-17/h3-4,9,11H,5-8,10H2,1-2H3. The van der Waals surface area contributed by atoms with Crippen LogP contribution >= 0.6 is 34.2 Å². The van der Waals surface area contributed by atoms with Crippen LogP contribution in [0.15, 0.2) is 18.2 Å². The number of aryl methyl sites for hydroxylation is 1. The molecule has 1 aliphatic carbocycles. The van der Waals surface area contributed by atoms with Crippen molar-refractivity contribution in [1.29, 1.82) is 0 Å². The minimum atomic E-state index is 0.484. The number of fused-ring (bicyclic) bond motifs is 1. The molecule has 0 saturated heterocycles. The third-order valence-electron chi connectivity index (χ3n) is 4.70. The van der Waals surface area contributed by atoms with E-state index in [4.69, 9.17) is 16.6 Å². The molecular weight excluding hydrogens is 383 g/mol. The summed E-state index contributed by atoms with van der Waals surface area (Å²) in [7, 11) is 0. The van der Waals surface area contributed by atoms with Gasteiger partial charge in [0.2, 0.25) is 0 Å². The molecule has 2 aromatic rings. The third-order valence-corrected chi connectivity index (χ3v) is 5.56. The molecule has 1 saturated carbocycles. The Morgan fingerprint density at radius 2 is 2.15 bits per heavy atom. The number of aromatic nitrogens is 2. The average molecular weight is 403 g/mol. The Bertz CT molecular complexity index is 629. The average Bonchev–Trinajstić information content (AvgIpc) is 3.11. The Balaban J connectivity index is 2.05. The van der Waals surface area contributed by atoms with Crippen LogP contribution in [0.25, 0.3) is 11.0 Å². The lowest BCUT2D eigenvalue weighted by Gasteiger charge is -2.22. The van der Waals surface area contributed by atoms with Crippen molar-refractivity contribution in [3.05, 3.63) is 27.6 Å². The Morgan fingerprint density at radius 3 is 2.75 bits per heavy atom. The molecule has 0 N–H and O–H groups in total. The van der Waals surface area contributed by atoms with E-state index in [0.29, 0.717) is 11.3 Å². The quantitative estimate of drug-likeness (QED) is 0.516. The second kappa shape index (κ2) is 5.48. The van der Waals surface area contributed by atoms with Crippen molar-refractivity contribution in [2.75, 3.05) is 5.88 Å². The molecule has 1 fully saturated rings. The first-order chi connectivity index (χ1) is 9.55. The fraction of sp³-hybridized carbons (Fsp3) is 0.562. The first-order valence-corrected chi connectivity index (χ1v) is 8.88. The van der Waals surface area contributed by atoms with E-state index in [1.807, 2.05) is 0 Å². The number of hydrogen-bond acceptors (Lipinski definition) is 1. The van der Waals surface area contributed by atoms with Crippen LogP contribution < -0.4 is 0 Å². The van der Waals surface area contributed by atoms with Gasteiger partial charge in [-0.2, -0.15) is 0 Å². The SMILES string of the molecule is CC(C)C1(Cn2c(CCCl)nc3cc(I)ccc32)CC1. The molecule has 1 aromatic carbocycles. The highest BCUT2D eigenvalue weighted by atomic mass is 127. The van der Waals surface area contributed by atoms with E-state index < -0.39 is 0 Å². The number of imidazole rings is 1. The van der Waals surface area contributed by atoms with Crippen molar-refractivity contribution < 1.29 is 0 Å². The maximum absolute atomic E-state index is 5.96. The molecule has 20 heavy (non-hydrogen) atoms. The molecule has 0 amide bonds. The topological polar surface area (TPSA) is 17.8 Å². The van der Waals surface area contributed by atoms with Crippen LogP contribution in [0.5, 0.6) is 0 Å². The van der Waals surface area contributed by atoms with Crippen molar-refractivity contribution in [2.24, 2.45) is 11.3 Å². The van der Waals surface area contributed by atoms with Crippen LogP contribution in [-0.2, 0) is 13.0 Å². The maximum atomic E-state index is 5.96.